The molecule has 7 heteroatoms. The molecule has 0 saturated carbocycles. The van der Waals surface area contributed by atoms with E-state index in [1.165, 1.54) is 36.9 Å². The molecule has 2 rings (SSSR count). The molecule has 0 unspecified atom stereocenters. The van der Waals surface area contributed by atoms with E-state index in [0.29, 0.717) is 5.69 Å². The maximum atomic E-state index is 11.8. The molecule has 1 N–H and O–H groups in total. The molecule has 21 heavy (non-hydrogen) atoms. The van der Waals surface area contributed by atoms with Crippen LogP contribution in [0.25, 0.3) is 0 Å². The summed E-state index contributed by atoms with van der Waals surface area (Å²) < 4.78 is 7.69. The molecule has 0 aliphatic heterocycles. The van der Waals surface area contributed by atoms with Crippen LogP contribution >= 0.6 is 0 Å². The van der Waals surface area contributed by atoms with Crippen LogP contribution in [0.3, 0.4) is 0 Å². The first kappa shape index (κ1) is 14.6. The molecule has 0 radical (unpaired) electrons. The van der Waals surface area contributed by atoms with Crippen molar-refractivity contribution in [2.24, 2.45) is 14.1 Å². The van der Waals surface area contributed by atoms with E-state index in [1.807, 2.05) is 0 Å². The first-order chi connectivity index (χ1) is 9.91. The molecule has 1 aromatic heterocycles. The SMILES string of the molecule is Cn1c(COc2ccccc2C(=O)O)cc(=O)n(C)c1=O. The van der Waals surface area contributed by atoms with Crippen LogP contribution in [0.2, 0.25) is 0 Å². The normalized spacial score (nSPS) is 10.4. The first-order valence-electron chi connectivity index (χ1n) is 6.13. The summed E-state index contributed by atoms with van der Waals surface area (Å²) in [4.78, 5) is 34.4. The van der Waals surface area contributed by atoms with Crippen LogP contribution in [0, 0.1) is 0 Å². The standard InChI is InChI=1S/C14H14N2O5/c1-15-9(7-12(17)16(2)14(15)20)8-21-11-6-4-3-5-10(11)13(18)19/h3-7H,8H2,1-2H3,(H,18,19). The molecule has 1 heterocycles. The van der Waals surface area contributed by atoms with Gasteiger partial charge in [-0.2, -0.15) is 0 Å². The lowest BCUT2D eigenvalue weighted by molar-refractivity contribution is 0.0691. The number of aromatic nitrogens is 2. The Morgan fingerprint density at radius 2 is 1.86 bits per heavy atom. The van der Waals surface area contributed by atoms with Gasteiger partial charge in [-0.15, -0.1) is 0 Å². The second kappa shape index (κ2) is 5.66. The van der Waals surface area contributed by atoms with Gasteiger partial charge in [0.2, 0.25) is 0 Å². The van der Waals surface area contributed by atoms with Gasteiger partial charge in [-0.1, -0.05) is 12.1 Å². The van der Waals surface area contributed by atoms with Crippen LogP contribution in [0.1, 0.15) is 16.1 Å². The number of benzene rings is 1. The number of hydrogen-bond acceptors (Lipinski definition) is 4. The Bertz CT molecular complexity index is 804. The van der Waals surface area contributed by atoms with Crippen molar-refractivity contribution in [2.45, 2.75) is 6.61 Å². The molecule has 0 aliphatic carbocycles. The fourth-order valence-corrected chi connectivity index (χ4v) is 1.84. The van der Waals surface area contributed by atoms with Crippen molar-refractivity contribution in [1.29, 1.82) is 0 Å². The summed E-state index contributed by atoms with van der Waals surface area (Å²) in [5.41, 5.74) is -0.523. The molecule has 0 aliphatic rings. The van der Waals surface area contributed by atoms with Crippen LogP contribution in [0.15, 0.2) is 39.9 Å². The molecule has 0 spiro atoms. The third-order valence-electron chi connectivity index (χ3n) is 3.12. The molecular weight excluding hydrogens is 276 g/mol. The summed E-state index contributed by atoms with van der Waals surface area (Å²) in [6.07, 6.45) is 0. The molecule has 0 bridgehead atoms. The smallest absolute Gasteiger partial charge is 0.339 e. The topological polar surface area (TPSA) is 90.5 Å². The summed E-state index contributed by atoms with van der Waals surface area (Å²) in [6, 6.07) is 7.45. The maximum absolute atomic E-state index is 11.8. The van der Waals surface area contributed by atoms with Gasteiger partial charge in [-0.3, -0.25) is 13.9 Å². The number of carboxylic acid groups (broad SMARTS) is 1. The molecule has 7 nitrogen and oxygen atoms in total. The van der Waals surface area contributed by atoms with Crippen molar-refractivity contribution < 1.29 is 14.6 Å². The van der Waals surface area contributed by atoms with Crippen molar-refractivity contribution in [2.75, 3.05) is 0 Å². The average Bonchev–Trinajstić information content (AvgIpc) is 2.47. The molecular formula is C14H14N2O5. The Balaban J connectivity index is 2.32. The average molecular weight is 290 g/mol. The lowest BCUT2D eigenvalue weighted by Gasteiger charge is -2.12. The molecule has 0 atom stereocenters. The molecule has 0 fully saturated rings. The van der Waals surface area contributed by atoms with Crippen LogP contribution in [0.4, 0.5) is 0 Å². The zero-order valence-corrected chi connectivity index (χ0v) is 11.6. The Morgan fingerprint density at radius 1 is 1.19 bits per heavy atom. The van der Waals surface area contributed by atoms with Gasteiger partial charge >= 0.3 is 11.7 Å². The van der Waals surface area contributed by atoms with Gasteiger partial charge in [0.25, 0.3) is 5.56 Å². The van der Waals surface area contributed by atoms with Crippen LogP contribution in [-0.2, 0) is 20.7 Å². The first-order valence-corrected chi connectivity index (χ1v) is 6.13. The van der Waals surface area contributed by atoms with Gasteiger partial charge in [-0.05, 0) is 12.1 Å². The quantitative estimate of drug-likeness (QED) is 0.878. The van der Waals surface area contributed by atoms with Gasteiger partial charge < -0.3 is 9.84 Å². The third-order valence-corrected chi connectivity index (χ3v) is 3.12. The van der Waals surface area contributed by atoms with E-state index in [1.54, 1.807) is 12.1 Å². The summed E-state index contributed by atoms with van der Waals surface area (Å²) in [6.45, 7) is -0.0773. The second-order valence-electron chi connectivity index (χ2n) is 4.46. The zero-order chi connectivity index (χ0) is 15.6. The number of aromatic carboxylic acids is 1. The van der Waals surface area contributed by atoms with Crippen LogP contribution in [-0.4, -0.2) is 20.2 Å². The Hall–Kier alpha value is -2.83. The van der Waals surface area contributed by atoms with Gasteiger partial charge in [-0.25, -0.2) is 9.59 Å². The van der Waals surface area contributed by atoms with E-state index in [4.69, 9.17) is 9.84 Å². The Kier molecular flexibility index (Phi) is 3.93. The summed E-state index contributed by atoms with van der Waals surface area (Å²) in [5.74, 6) is -0.929. The number of para-hydroxylation sites is 1. The Labute approximate surface area is 119 Å². The van der Waals surface area contributed by atoms with Gasteiger partial charge in [0.05, 0.1) is 5.69 Å². The number of nitrogens with zero attached hydrogens (tertiary/aromatic N) is 2. The van der Waals surface area contributed by atoms with E-state index in [-0.39, 0.29) is 17.9 Å². The largest absolute Gasteiger partial charge is 0.486 e. The number of carboxylic acids is 1. The van der Waals surface area contributed by atoms with Gasteiger partial charge in [0.1, 0.15) is 17.9 Å². The predicted octanol–water partition coefficient (Wildman–Crippen LogP) is 0.361. The van der Waals surface area contributed by atoms with Crippen molar-refractivity contribution in [3.8, 4) is 5.75 Å². The number of rotatable bonds is 4. The molecule has 0 amide bonds. The monoisotopic (exact) mass is 290 g/mol. The van der Waals surface area contributed by atoms with Crippen LogP contribution in [0.5, 0.6) is 5.75 Å². The molecule has 2 aromatic rings. The van der Waals surface area contributed by atoms with Gasteiger partial charge in [0.15, 0.2) is 0 Å². The highest BCUT2D eigenvalue weighted by molar-refractivity contribution is 5.90. The van der Waals surface area contributed by atoms with E-state index < -0.39 is 17.2 Å². The minimum atomic E-state index is -1.11. The zero-order valence-electron chi connectivity index (χ0n) is 11.6. The highest BCUT2D eigenvalue weighted by Crippen LogP contribution is 2.18. The number of ether oxygens (including phenoxy) is 1. The molecule has 110 valence electrons. The molecule has 0 saturated heterocycles. The highest BCUT2D eigenvalue weighted by atomic mass is 16.5. The van der Waals surface area contributed by atoms with E-state index in [2.05, 4.69) is 0 Å². The predicted molar refractivity (Wildman–Crippen MR) is 74.7 cm³/mol. The fraction of sp³-hybridized carbons (Fsp3) is 0.214. The van der Waals surface area contributed by atoms with Gasteiger partial charge in [0, 0.05) is 20.2 Å². The minimum Gasteiger partial charge on any atom is -0.486 e. The van der Waals surface area contributed by atoms with Crippen molar-refractivity contribution in [1.82, 2.24) is 9.13 Å². The number of hydrogen-bond donors (Lipinski definition) is 1. The van der Waals surface area contributed by atoms with Crippen molar-refractivity contribution in [3.05, 3.63) is 62.4 Å². The fourth-order valence-electron chi connectivity index (χ4n) is 1.84. The van der Waals surface area contributed by atoms with E-state index in [9.17, 15) is 14.4 Å². The summed E-state index contributed by atoms with van der Waals surface area (Å²) in [5, 5.41) is 9.05. The van der Waals surface area contributed by atoms with Crippen molar-refractivity contribution >= 4 is 5.97 Å². The lowest BCUT2D eigenvalue weighted by atomic mass is 10.2. The number of carbonyl (C=O) groups is 1. The summed E-state index contributed by atoms with van der Waals surface area (Å²) in [7, 11) is 2.90. The highest BCUT2D eigenvalue weighted by Gasteiger charge is 2.12. The minimum absolute atomic E-state index is 0.0198. The Morgan fingerprint density at radius 3 is 2.52 bits per heavy atom. The van der Waals surface area contributed by atoms with Crippen molar-refractivity contribution in [3.63, 3.8) is 0 Å². The van der Waals surface area contributed by atoms with Crippen LogP contribution < -0.4 is 16.0 Å². The second-order valence-corrected chi connectivity index (χ2v) is 4.46. The van der Waals surface area contributed by atoms with E-state index >= 15 is 0 Å². The maximum Gasteiger partial charge on any atom is 0.339 e. The third kappa shape index (κ3) is 2.86. The molecule has 1 aromatic carbocycles. The van der Waals surface area contributed by atoms with E-state index in [0.717, 1.165) is 4.57 Å². The summed E-state index contributed by atoms with van der Waals surface area (Å²) >= 11 is 0. The lowest BCUT2D eigenvalue weighted by Crippen LogP contribution is -2.38.